The van der Waals surface area contributed by atoms with Gasteiger partial charge in [-0.3, -0.25) is 5.73 Å². The molecule has 0 atom stereocenters. The second kappa shape index (κ2) is 6.62. The molecule has 1 aromatic rings. The van der Waals surface area contributed by atoms with Gasteiger partial charge < -0.3 is 4.74 Å². The van der Waals surface area contributed by atoms with Crippen LogP contribution in [0, 0.1) is 0 Å². The highest BCUT2D eigenvalue weighted by Gasteiger charge is 2.11. The van der Waals surface area contributed by atoms with Crippen LogP contribution in [0.15, 0.2) is 42.1 Å². The minimum absolute atomic E-state index is 0.122. The molecule has 3 heteroatoms. The van der Waals surface area contributed by atoms with Crippen LogP contribution < -0.4 is 5.73 Å². The lowest BCUT2D eigenvalue weighted by Crippen LogP contribution is -2.13. The van der Waals surface area contributed by atoms with Gasteiger partial charge in [0, 0.05) is 0 Å². The zero-order chi connectivity index (χ0) is 11.8. The molecular formula is C13H15NO2. The summed E-state index contributed by atoms with van der Waals surface area (Å²) in [6, 6.07) is 9.28. The number of esters is 1. The molecule has 0 spiro atoms. The number of ether oxygens (including phenoxy) is 1. The maximum Gasteiger partial charge on any atom is 0.347 e. The van der Waals surface area contributed by atoms with Crippen LogP contribution in [0.5, 0.6) is 0 Å². The molecule has 0 radical (unpaired) electrons. The fourth-order valence-corrected chi connectivity index (χ4v) is 1.22. The van der Waals surface area contributed by atoms with Gasteiger partial charge in [-0.05, 0) is 18.1 Å². The predicted molar refractivity (Wildman–Crippen MR) is 63.4 cm³/mol. The first-order valence-corrected chi connectivity index (χ1v) is 5.17. The standard InChI is InChI=1S/C13H15NO2/c1-2-3-9-12(13(15)16-10-14)11-7-5-4-6-8-11/h3-8H,2,10,14H2,1H3. The van der Waals surface area contributed by atoms with E-state index < -0.39 is 5.97 Å². The van der Waals surface area contributed by atoms with Crippen LogP contribution in [-0.4, -0.2) is 12.7 Å². The SMILES string of the molecule is CCC=C=C(C(=O)OCN)c1ccccc1. The molecule has 1 rings (SSSR count). The zero-order valence-electron chi connectivity index (χ0n) is 9.27. The van der Waals surface area contributed by atoms with Gasteiger partial charge in [-0.15, -0.1) is 5.73 Å². The number of rotatable bonds is 4. The van der Waals surface area contributed by atoms with Gasteiger partial charge in [0.15, 0.2) is 0 Å². The molecule has 84 valence electrons. The Morgan fingerprint density at radius 1 is 1.44 bits per heavy atom. The molecule has 3 nitrogen and oxygen atoms in total. The molecule has 0 amide bonds. The Balaban J connectivity index is 3.07. The quantitative estimate of drug-likeness (QED) is 0.363. The van der Waals surface area contributed by atoms with Crippen LogP contribution in [0.1, 0.15) is 18.9 Å². The largest absolute Gasteiger partial charge is 0.446 e. The topological polar surface area (TPSA) is 52.3 Å². The summed E-state index contributed by atoms with van der Waals surface area (Å²) in [5.41, 5.74) is 9.30. The Morgan fingerprint density at radius 3 is 2.69 bits per heavy atom. The summed E-state index contributed by atoms with van der Waals surface area (Å²) in [6.07, 6.45) is 2.60. The van der Waals surface area contributed by atoms with Crippen LogP contribution in [-0.2, 0) is 9.53 Å². The molecule has 16 heavy (non-hydrogen) atoms. The van der Waals surface area contributed by atoms with E-state index in [-0.39, 0.29) is 6.73 Å². The monoisotopic (exact) mass is 217 g/mol. The van der Waals surface area contributed by atoms with E-state index in [9.17, 15) is 4.79 Å². The minimum atomic E-state index is -0.446. The van der Waals surface area contributed by atoms with Crippen LogP contribution in [0.4, 0.5) is 0 Å². The van der Waals surface area contributed by atoms with E-state index in [4.69, 9.17) is 10.5 Å². The summed E-state index contributed by atoms with van der Waals surface area (Å²) in [6.45, 7) is 1.85. The molecule has 0 saturated carbocycles. The average Bonchev–Trinajstić information content (AvgIpc) is 2.31. The first-order chi connectivity index (χ1) is 7.79. The van der Waals surface area contributed by atoms with E-state index in [1.165, 1.54) is 0 Å². The van der Waals surface area contributed by atoms with Crippen LogP contribution in [0.3, 0.4) is 0 Å². The third kappa shape index (κ3) is 3.39. The normalized spacial score (nSPS) is 9.12. The highest BCUT2D eigenvalue weighted by atomic mass is 16.5. The molecule has 0 saturated heterocycles. The summed E-state index contributed by atoms with van der Waals surface area (Å²) in [7, 11) is 0. The Hall–Kier alpha value is -1.83. The van der Waals surface area contributed by atoms with Crippen LogP contribution in [0.25, 0.3) is 5.57 Å². The molecule has 0 unspecified atom stereocenters. The second-order valence-corrected chi connectivity index (χ2v) is 3.10. The van der Waals surface area contributed by atoms with Crippen molar-refractivity contribution in [1.82, 2.24) is 0 Å². The predicted octanol–water partition coefficient (Wildman–Crippen LogP) is 2.09. The maximum absolute atomic E-state index is 11.6. The number of hydrogen-bond donors (Lipinski definition) is 1. The molecule has 0 bridgehead atoms. The van der Waals surface area contributed by atoms with Gasteiger partial charge in [-0.25, -0.2) is 4.79 Å². The van der Waals surface area contributed by atoms with Crippen molar-refractivity contribution < 1.29 is 9.53 Å². The van der Waals surface area contributed by atoms with E-state index in [0.29, 0.717) is 5.57 Å². The van der Waals surface area contributed by atoms with Crippen molar-refractivity contribution in [2.45, 2.75) is 13.3 Å². The molecule has 2 N–H and O–H groups in total. The Kier molecular flexibility index (Phi) is 5.06. The number of nitrogens with two attached hydrogens (primary N) is 1. The van der Waals surface area contributed by atoms with Crippen molar-refractivity contribution in [2.75, 3.05) is 6.73 Å². The van der Waals surface area contributed by atoms with Gasteiger partial charge in [-0.2, -0.15) is 0 Å². The van der Waals surface area contributed by atoms with Gasteiger partial charge in [0.05, 0.1) is 0 Å². The molecule has 1 aromatic carbocycles. The molecule has 0 aromatic heterocycles. The smallest absolute Gasteiger partial charge is 0.347 e. The number of hydrogen-bond acceptors (Lipinski definition) is 3. The Bertz CT molecular complexity index is 403. The van der Waals surface area contributed by atoms with Crippen molar-refractivity contribution >= 4 is 11.5 Å². The Labute approximate surface area is 95.2 Å². The third-order valence-electron chi connectivity index (χ3n) is 1.93. The molecule has 0 fully saturated rings. The van der Waals surface area contributed by atoms with Crippen molar-refractivity contribution in [3.63, 3.8) is 0 Å². The lowest BCUT2D eigenvalue weighted by molar-refractivity contribution is -0.136. The highest BCUT2D eigenvalue weighted by Crippen LogP contribution is 2.14. The maximum atomic E-state index is 11.6. The highest BCUT2D eigenvalue weighted by molar-refractivity contribution is 6.16. The van der Waals surface area contributed by atoms with Crippen LogP contribution in [0.2, 0.25) is 0 Å². The molecular weight excluding hydrogens is 202 g/mol. The van der Waals surface area contributed by atoms with E-state index in [0.717, 1.165) is 12.0 Å². The van der Waals surface area contributed by atoms with Crippen LogP contribution >= 0.6 is 0 Å². The van der Waals surface area contributed by atoms with Crippen molar-refractivity contribution in [3.8, 4) is 0 Å². The number of carbonyl (C=O) groups excluding carboxylic acids is 1. The zero-order valence-corrected chi connectivity index (χ0v) is 9.27. The van der Waals surface area contributed by atoms with Crippen molar-refractivity contribution in [3.05, 3.63) is 47.7 Å². The van der Waals surface area contributed by atoms with E-state index in [1.807, 2.05) is 37.3 Å². The molecule has 0 aliphatic carbocycles. The number of benzene rings is 1. The molecule has 0 aliphatic rings. The van der Waals surface area contributed by atoms with Gasteiger partial charge in [0.2, 0.25) is 0 Å². The van der Waals surface area contributed by atoms with Gasteiger partial charge >= 0.3 is 5.97 Å². The van der Waals surface area contributed by atoms with Gasteiger partial charge in [0.25, 0.3) is 0 Å². The van der Waals surface area contributed by atoms with E-state index in [1.54, 1.807) is 6.08 Å². The third-order valence-corrected chi connectivity index (χ3v) is 1.93. The molecule has 0 aliphatic heterocycles. The summed E-state index contributed by atoms with van der Waals surface area (Å²) in [5.74, 6) is -0.446. The lowest BCUT2D eigenvalue weighted by atomic mass is 10.1. The fraction of sp³-hybridized carbons (Fsp3) is 0.231. The number of carbonyl (C=O) groups is 1. The van der Waals surface area contributed by atoms with Gasteiger partial charge in [0.1, 0.15) is 12.3 Å². The minimum Gasteiger partial charge on any atom is -0.446 e. The first-order valence-electron chi connectivity index (χ1n) is 5.17. The molecule has 0 heterocycles. The van der Waals surface area contributed by atoms with E-state index in [2.05, 4.69) is 5.73 Å². The summed E-state index contributed by atoms with van der Waals surface area (Å²) in [4.78, 5) is 11.6. The summed E-state index contributed by atoms with van der Waals surface area (Å²) < 4.78 is 4.77. The summed E-state index contributed by atoms with van der Waals surface area (Å²) in [5, 5.41) is 0. The average molecular weight is 217 g/mol. The fourth-order valence-electron chi connectivity index (χ4n) is 1.22. The second-order valence-electron chi connectivity index (χ2n) is 3.10. The summed E-state index contributed by atoms with van der Waals surface area (Å²) >= 11 is 0. The van der Waals surface area contributed by atoms with Crippen molar-refractivity contribution in [1.29, 1.82) is 0 Å². The first kappa shape index (κ1) is 12.2. The lowest BCUT2D eigenvalue weighted by Gasteiger charge is -2.04. The van der Waals surface area contributed by atoms with E-state index >= 15 is 0 Å². The Morgan fingerprint density at radius 2 is 2.12 bits per heavy atom. The van der Waals surface area contributed by atoms with Crippen molar-refractivity contribution in [2.24, 2.45) is 5.73 Å². The van der Waals surface area contributed by atoms with Gasteiger partial charge in [-0.1, -0.05) is 37.3 Å².